The Kier molecular flexibility index (Phi) is 11.0. The van der Waals surface area contributed by atoms with Gasteiger partial charge < -0.3 is 19.1 Å². The van der Waals surface area contributed by atoms with Crippen molar-refractivity contribution >= 4 is 44.6 Å². The van der Waals surface area contributed by atoms with Gasteiger partial charge in [0.1, 0.15) is 5.82 Å². The molecule has 0 N–H and O–H groups in total. The maximum absolute atomic E-state index is 6.61. The molecule has 0 unspecified atom stereocenters. The molecule has 0 radical (unpaired) electrons. The summed E-state index contributed by atoms with van der Waals surface area (Å²) in [5.74, 6) is 3.07. The molecule has 2 aromatic heterocycles. The SMILES string of the molecule is CC(C)Cc1ccnc(-n2c3[c-]c(Oc4[c-]c(N5[CH-]N(c6cc(C(C)(C)C)cc(C(C)(C)C)c6)c6cc(C(C)C)ccc65)ccc4)ccc3c3ccccc32)c1.[Pt]. The van der Waals surface area contributed by atoms with E-state index >= 15 is 0 Å². The fourth-order valence-corrected chi connectivity index (χ4v) is 7.66. The van der Waals surface area contributed by atoms with Gasteiger partial charge in [0.05, 0.1) is 0 Å². The number of para-hydroxylation sites is 1. The number of aromatic nitrogens is 2. The van der Waals surface area contributed by atoms with Crippen molar-refractivity contribution in [2.45, 2.75) is 92.4 Å². The summed E-state index contributed by atoms with van der Waals surface area (Å²) >= 11 is 0. The van der Waals surface area contributed by atoms with Gasteiger partial charge in [0.25, 0.3) is 0 Å². The zero-order valence-corrected chi connectivity index (χ0v) is 37.1. The number of pyridine rings is 1. The van der Waals surface area contributed by atoms with E-state index in [-0.39, 0.29) is 31.9 Å². The molecule has 5 aromatic carbocycles. The number of fused-ring (bicyclic) bond motifs is 4. The Morgan fingerprint density at radius 2 is 1.40 bits per heavy atom. The fourth-order valence-electron chi connectivity index (χ4n) is 7.66. The van der Waals surface area contributed by atoms with Gasteiger partial charge in [0.15, 0.2) is 0 Å². The Morgan fingerprint density at radius 1 is 0.684 bits per heavy atom. The smallest absolute Gasteiger partial charge is 0.135 e. The summed E-state index contributed by atoms with van der Waals surface area (Å²) in [7, 11) is 0. The predicted molar refractivity (Wildman–Crippen MR) is 234 cm³/mol. The molecule has 0 spiro atoms. The summed E-state index contributed by atoms with van der Waals surface area (Å²) in [6, 6.07) is 44.2. The van der Waals surface area contributed by atoms with E-state index in [1.54, 1.807) is 0 Å². The maximum Gasteiger partial charge on any atom is 0.135 e. The third-order valence-corrected chi connectivity index (χ3v) is 10.8. The van der Waals surface area contributed by atoms with Gasteiger partial charge in [-0.1, -0.05) is 105 Å². The number of hydrogen-bond donors (Lipinski definition) is 0. The van der Waals surface area contributed by atoms with Crippen LogP contribution >= 0.6 is 0 Å². The van der Waals surface area contributed by atoms with Gasteiger partial charge in [-0.25, -0.2) is 4.98 Å². The van der Waals surface area contributed by atoms with Crippen LogP contribution in [0.2, 0.25) is 0 Å². The Hall–Kier alpha value is -4.86. The predicted octanol–water partition coefficient (Wildman–Crippen LogP) is 13.9. The number of ether oxygens (including phenoxy) is 1. The Bertz CT molecular complexity index is 2540. The van der Waals surface area contributed by atoms with Crippen LogP contribution in [0.1, 0.15) is 97.4 Å². The average Bonchev–Trinajstić information content (AvgIpc) is 3.69. The number of anilines is 4. The van der Waals surface area contributed by atoms with E-state index in [4.69, 9.17) is 9.72 Å². The number of nitrogens with zero attached hydrogens (tertiary/aromatic N) is 4. The van der Waals surface area contributed by atoms with E-state index in [1.165, 1.54) is 22.3 Å². The number of hydrogen-bond acceptors (Lipinski definition) is 4. The molecular formula is C51H53N4OPt-3. The zero-order valence-electron chi connectivity index (χ0n) is 34.8. The second-order valence-electron chi connectivity index (χ2n) is 18.1. The van der Waals surface area contributed by atoms with Crippen LogP contribution < -0.4 is 14.5 Å². The first kappa shape index (κ1) is 40.3. The van der Waals surface area contributed by atoms with Crippen LogP contribution in [-0.2, 0) is 38.3 Å². The molecule has 0 saturated carbocycles. The van der Waals surface area contributed by atoms with Gasteiger partial charge in [0, 0.05) is 61.3 Å². The standard InChI is InChI=1S/C51H53N4O.Pt/c1-33(2)24-35-22-23-52-49(25-35)55-45-17-12-11-16-43(45)44-20-19-42(31-47(44)55)56-41-15-13-14-39(30-41)53-32-54(48-26-36(34(3)4)18-21-46(48)53)40-28-37(50(5,6)7)27-38(29-40)51(8,9)10;/h11-23,25-29,32-34H,24H2,1-10H3;/q-3;. The summed E-state index contributed by atoms with van der Waals surface area (Å²) in [5.41, 5.74) is 11.5. The Balaban J connectivity index is 0.00000496. The third kappa shape index (κ3) is 8.01. The molecule has 3 heterocycles. The summed E-state index contributed by atoms with van der Waals surface area (Å²) in [6.07, 6.45) is 2.91. The van der Waals surface area contributed by atoms with Crippen LogP contribution in [0.25, 0.3) is 27.6 Å². The van der Waals surface area contributed by atoms with Crippen molar-refractivity contribution in [1.82, 2.24) is 9.55 Å². The molecule has 0 atom stereocenters. The molecule has 0 amide bonds. The summed E-state index contributed by atoms with van der Waals surface area (Å²) in [4.78, 5) is 9.41. The minimum absolute atomic E-state index is 0. The van der Waals surface area contributed by atoms with Crippen LogP contribution in [0.3, 0.4) is 0 Å². The van der Waals surface area contributed by atoms with Crippen LogP contribution in [-0.4, -0.2) is 9.55 Å². The first-order chi connectivity index (χ1) is 26.6. The largest absolute Gasteiger partial charge is 0.509 e. The van der Waals surface area contributed by atoms with Gasteiger partial charge in [-0.05, 0) is 99.2 Å². The van der Waals surface area contributed by atoms with Crippen LogP contribution in [0.4, 0.5) is 22.7 Å². The molecule has 7 aromatic rings. The van der Waals surface area contributed by atoms with Gasteiger partial charge in [-0.15, -0.1) is 48.1 Å². The number of benzene rings is 5. The van der Waals surface area contributed by atoms with E-state index in [0.717, 1.165) is 56.8 Å². The van der Waals surface area contributed by atoms with Crippen LogP contribution in [0.5, 0.6) is 11.5 Å². The van der Waals surface area contributed by atoms with Crippen molar-refractivity contribution in [3.63, 3.8) is 0 Å². The second kappa shape index (κ2) is 15.5. The summed E-state index contributed by atoms with van der Waals surface area (Å²) < 4.78 is 8.81. The molecule has 0 saturated heterocycles. The minimum atomic E-state index is 0. The van der Waals surface area contributed by atoms with Crippen molar-refractivity contribution in [3.8, 4) is 17.3 Å². The van der Waals surface area contributed by atoms with E-state index in [1.807, 2.05) is 24.4 Å². The molecule has 57 heavy (non-hydrogen) atoms. The molecular weight excluding hydrogens is 880 g/mol. The quantitative estimate of drug-likeness (QED) is 0.142. The summed E-state index contributed by atoms with van der Waals surface area (Å²) in [6.45, 7) is 25.0. The normalized spacial score (nSPS) is 13.2. The topological polar surface area (TPSA) is 33.5 Å². The molecule has 1 aliphatic rings. The van der Waals surface area contributed by atoms with E-state index in [9.17, 15) is 0 Å². The van der Waals surface area contributed by atoms with Crippen LogP contribution in [0.15, 0.2) is 109 Å². The van der Waals surface area contributed by atoms with Crippen molar-refractivity contribution < 1.29 is 25.8 Å². The average molecular weight is 933 g/mol. The molecule has 0 bridgehead atoms. The van der Waals surface area contributed by atoms with Gasteiger partial charge in [-0.3, -0.25) is 0 Å². The van der Waals surface area contributed by atoms with Gasteiger partial charge >= 0.3 is 0 Å². The van der Waals surface area contributed by atoms with Crippen LogP contribution in [0, 0.1) is 24.7 Å². The molecule has 0 aliphatic carbocycles. The molecule has 296 valence electrons. The van der Waals surface area contributed by atoms with E-state index < -0.39 is 0 Å². The second-order valence-corrected chi connectivity index (χ2v) is 18.1. The van der Waals surface area contributed by atoms with Crippen molar-refractivity contribution in [2.75, 3.05) is 9.80 Å². The minimum Gasteiger partial charge on any atom is -0.509 e. The first-order valence-corrected chi connectivity index (χ1v) is 20.0. The molecule has 5 nitrogen and oxygen atoms in total. The molecule has 0 fully saturated rings. The first-order valence-electron chi connectivity index (χ1n) is 20.0. The zero-order chi connectivity index (χ0) is 39.5. The molecule has 8 rings (SSSR count). The molecule has 1 aliphatic heterocycles. The third-order valence-electron chi connectivity index (χ3n) is 10.8. The fraction of sp³-hybridized carbons (Fsp3) is 0.294. The van der Waals surface area contributed by atoms with Crippen molar-refractivity contribution in [1.29, 1.82) is 0 Å². The Morgan fingerprint density at radius 3 is 2.11 bits per heavy atom. The Labute approximate surface area is 354 Å². The van der Waals surface area contributed by atoms with E-state index in [2.05, 4.69) is 187 Å². The van der Waals surface area contributed by atoms with Crippen molar-refractivity contribution in [2.24, 2.45) is 5.92 Å². The van der Waals surface area contributed by atoms with Gasteiger partial charge in [-0.2, -0.15) is 12.1 Å². The number of rotatable bonds is 8. The summed E-state index contributed by atoms with van der Waals surface area (Å²) in [5, 5.41) is 2.27. The van der Waals surface area contributed by atoms with Crippen molar-refractivity contribution in [3.05, 3.63) is 150 Å². The molecule has 6 heteroatoms. The van der Waals surface area contributed by atoms with Gasteiger partial charge in [0.2, 0.25) is 0 Å². The van der Waals surface area contributed by atoms with E-state index in [0.29, 0.717) is 23.3 Å². The maximum atomic E-state index is 6.61. The monoisotopic (exact) mass is 932 g/mol.